The second-order valence-corrected chi connectivity index (χ2v) is 6.74. The number of anilines is 1. The highest BCUT2D eigenvalue weighted by Crippen LogP contribution is 2.21. The molecule has 7 heteroatoms. The van der Waals surface area contributed by atoms with Gasteiger partial charge in [-0.1, -0.05) is 37.6 Å². The number of hydrogen-bond acceptors (Lipinski definition) is 5. The van der Waals surface area contributed by atoms with Gasteiger partial charge in [0.1, 0.15) is 0 Å². The Hall–Kier alpha value is -3.48. The number of esters is 1. The van der Waals surface area contributed by atoms with E-state index in [2.05, 4.69) is 22.4 Å². The third-order valence-corrected chi connectivity index (χ3v) is 4.62. The van der Waals surface area contributed by atoms with Gasteiger partial charge >= 0.3 is 5.97 Å². The summed E-state index contributed by atoms with van der Waals surface area (Å²) in [7, 11) is 1.28. The number of amides is 1. The topological polar surface area (TPSA) is 101 Å². The summed E-state index contributed by atoms with van der Waals surface area (Å²) in [5, 5.41) is 10.00. The van der Waals surface area contributed by atoms with Crippen molar-refractivity contribution in [2.75, 3.05) is 12.4 Å². The van der Waals surface area contributed by atoms with Gasteiger partial charge in [0, 0.05) is 29.5 Å². The first kappa shape index (κ1) is 20.3. The van der Waals surface area contributed by atoms with Crippen molar-refractivity contribution in [1.29, 1.82) is 0 Å². The molecule has 0 unspecified atom stereocenters. The van der Waals surface area contributed by atoms with Crippen molar-refractivity contribution in [1.82, 2.24) is 10.2 Å². The number of H-pyrrole nitrogens is 1. The Kier molecular flexibility index (Phi) is 6.39. The molecule has 0 atom stereocenters. The Balaban J connectivity index is 1.60. The minimum Gasteiger partial charge on any atom is -0.464 e. The number of Topliss-reactive ketones (excluding diaryl/α,β-unsaturated/α-hetero) is 1. The SMILES string of the molecule is CCCc1ccc(C(=O)CCC(=O)Nc2ccc3[nH]nc(C(=O)OC)c3c2)cc1. The molecule has 0 fully saturated rings. The normalized spacial score (nSPS) is 10.7. The number of fused-ring (bicyclic) bond motifs is 1. The number of hydrogen-bond donors (Lipinski definition) is 2. The maximum absolute atomic E-state index is 12.3. The average molecular weight is 393 g/mol. The maximum atomic E-state index is 12.3. The number of benzene rings is 2. The molecular weight excluding hydrogens is 370 g/mol. The third-order valence-electron chi connectivity index (χ3n) is 4.62. The molecule has 0 aliphatic rings. The van der Waals surface area contributed by atoms with Crippen molar-refractivity contribution < 1.29 is 19.1 Å². The Morgan fingerprint density at radius 3 is 2.52 bits per heavy atom. The first-order valence-corrected chi connectivity index (χ1v) is 9.50. The molecule has 0 saturated carbocycles. The Labute approximate surface area is 168 Å². The molecule has 3 aromatic rings. The minimum absolute atomic E-state index is 0.0681. The lowest BCUT2D eigenvalue weighted by Gasteiger charge is -2.06. The number of carbonyl (C=O) groups excluding carboxylic acids is 3. The van der Waals surface area contributed by atoms with E-state index in [4.69, 9.17) is 4.74 Å². The number of rotatable bonds is 8. The van der Waals surface area contributed by atoms with Crippen molar-refractivity contribution in [3.05, 3.63) is 59.3 Å². The number of methoxy groups -OCH3 is 1. The van der Waals surface area contributed by atoms with Gasteiger partial charge in [0.15, 0.2) is 11.5 Å². The number of nitrogens with one attached hydrogen (secondary N) is 2. The molecule has 2 N–H and O–H groups in total. The second kappa shape index (κ2) is 9.14. The van der Waals surface area contributed by atoms with Gasteiger partial charge in [-0.3, -0.25) is 14.7 Å². The van der Waals surface area contributed by atoms with E-state index in [0.29, 0.717) is 22.2 Å². The van der Waals surface area contributed by atoms with Crippen LogP contribution in [-0.4, -0.2) is 35.0 Å². The second-order valence-electron chi connectivity index (χ2n) is 6.74. The van der Waals surface area contributed by atoms with Crippen molar-refractivity contribution >= 4 is 34.3 Å². The Bertz CT molecular complexity index is 1040. The summed E-state index contributed by atoms with van der Waals surface area (Å²) >= 11 is 0. The van der Waals surface area contributed by atoms with E-state index in [1.165, 1.54) is 12.7 Å². The molecule has 1 amide bonds. The van der Waals surface area contributed by atoms with Crippen molar-refractivity contribution in [2.24, 2.45) is 0 Å². The molecule has 0 aliphatic carbocycles. The van der Waals surface area contributed by atoms with E-state index in [0.717, 1.165) is 12.8 Å². The monoisotopic (exact) mass is 393 g/mol. The zero-order valence-electron chi connectivity index (χ0n) is 16.5. The first-order chi connectivity index (χ1) is 14.0. The van der Waals surface area contributed by atoms with Gasteiger partial charge in [-0.25, -0.2) is 4.79 Å². The highest BCUT2D eigenvalue weighted by molar-refractivity contribution is 6.04. The predicted molar refractivity (Wildman–Crippen MR) is 110 cm³/mol. The summed E-state index contributed by atoms with van der Waals surface area (Å²) in [5.74, 6) is -0.903. The van der Waals surface area contributed by atoms with Crippen LogP contribution >= 0.6 is 0 Å². The molecule has 150 valence electrons. The fourth-order valence-electron chi connectivity index (χ4n) is 3.08. The fraction of sp³-hybridized carbons (Fsp3) is 0.273. The predicted octanol–water partition coefficient (Wildman–Crippen LogP) is 3.90. The Morgan fingerprint density at radius 2 is 1.83 bits per heavy atom. The summed E-state index contributed by atoms with van der Waals surface area (Å²) in [6.45, 7) is 2.11. The largest absolute Gasteiger partial charge is 0.464 e. The number of aromatic amines is 1. The van der Waals surface area contributed by atoms with E-state index in [-0.39, 0.29) is 30.2 Å². The zero-order chi connectivity index (χ0) is 20.8. The lowest BCUT2D eigenvalue weighted by molar-refractivity contribution is -0.116. The van der Waals surface area contributed by atoms with Crippen LogP contribution in [0.5, 0.6) is 0 Å². The van der Waals surface area contributed by atoms with Crippen LogP contribution in [0.3, 0.4) is 0 Å². The molecule has 0 saturated heterocycles. The van der Waals surface area contributed by atoms with Crippen LogP contribution < -0.4 is 5.32 Å². The number of aryl methyl sites for hydroxylation is 1. The lowest BCUT2D eigenvalue weighted by Crippen LogP contribution is -2.13. The first-order valence-electron chi connectivity index (χ1n) is 9.50. The number of carbonyl (C=O) groups is 3. The van der Waals surface area contributed by atoms with E-state index in [1.54, 1.807) is 18.2 Å². The van der Waals surface area contributed by atoms with E-state index in [1.807, 2.05) is 24.3 Å². The number of aromatic nitrogens is 2. The minimum atomic E-state index is -0.560. The quantitative estimate of drug-likeness (QED) is 0.446. The molecule has 0 aliphatic heterocycles. The smallest absolute Gasteiger partial charge is 0.359 e. The van der Waals surface area contributed by atoms with Gasteiger partial charge in [0.25, 0.3) is 0 Å². The lowest BCUT2D eigenvalue weighted by atomic mass is 10.0. The van der Waals surface area contributed by atoms with Gasteiger partial charge < -0.3 is 10.1 Å². The van der Waals surface area contributed by atoms with Crippen LogP contribution in [0.15, 0.2) is 42.5 Å². The van der Waals surface area contributed by atoms with Gasteiger partial charge in [0.2, 0.25) is 5.91 Å². The Morgan fingerprint density at radius 1 is 1.07 bits per heavy atom. The van der Waals surface area contributed by atoms with Gasteiger partial charge in [-0.05, 0) is 30.2 Å². The molecule has 29 heavy (non-hydrogen) atoms. The van der Waals surface area contributed by atoms with Crippen LogP contribution in [-0.2, 0) is 16.0 Å². The molecule has 3 rings (SSSR count). The number of ketones is 1. The summed E-state index contributed by atoms with van der Waals surface area (Å²) in [6, 6.07) is 12.6. The average Bonchev–Trinajstić information content (AvgIpc) is 3.15. The molecule has 0 bridgehead atoms. The van der Waals surface area contributed by atoms with Crippen LogP contribution in [0.2, 0.25) is 0 Å². The van der Waals surface area contributed by atoms with Gasteiger partial charge in [-0.2, -0.15) is 5.10 Å². The molecule has 7 nitrogen and oxygen atoms in total. The number of nitrogens with zero attached hydrogens (tertiary/aromatic N) is 1. The molecule has 1 aromatic heterocycles. The fourth-order valence-corrected chi connectivity index (χ4v) is 3.08. The molecule has 1 heterocycles. The summed E-state index contributed by atoms with van der Waals surface area (Å²) in [4.78, 5) is 36.3. The van der Waals surface area contributed by atoms with Crippen LogP contribution in [0.25, 0.3) is 10.9 Å². The number of ether oxygens (including phenoxy) is 1. The maximum Gasteiger partial charge on any atom is 0.359 e. The van der Waals surface area contributed by atoms with Gasteiger partial charge in [0.05, 0.1) is 12.6 Å². The highest BCUT2D eigenvalue weighted by Gasteiger charge is 2.15. The molecule has 0 spiro atoms. The third kappa shape index (κ3) is 4.87. The van der Waals surface area contributed by atoms with Gasteiger partial charge in [-0.15, -0.1) is 0 Å². The summed E-state index contributed by atoms with van der Waals surface area (Å²) in [5.41, 5.74) is 3.14. The standard InChI is InChI=1S/C22H23N3O4/c1-3-4-14-5-7-15(8-6-14)19(26)11-12-20(27)23-16-9-10-18-17(13-16)21(25-24-18)22(28)29-2/h5-10,13H,3-4,11-12H2,1-2H3,(H,23,27)(H,24,25). The molecule has 2 aromatic carbocycles. The van der Waals surface area contributed by atoms with Crippen LogP contribution in [0.4, 0.5) is 5.69 Å². The van der Waals surface area contributed by atoms with Crippen LogP contribution in [0, 0.1) is 0 Å². The summed E-state index contributed by atoms with van der Waals surface area (Å²) in [6.07, 6.45) is 2.23. The summed E-state index contributed by atoms with van der Waals surface area (Å²) < 4.78 is 4.71. The zero-order valence-corrected chi connectivity index (χ0v) is 16.5. The van der Waals surface area contributed by atoms with E-state index < -0.39 is 5.97 Å². The van der Waals surface area contributed by atoms with Crippen molar-refractivity contribution in [2.45, 2.75) is 32.6 Å². The molecule has 0 radical (unpaired) electrons. The van der Waals surface area contributed by atoms with Crippen molar-refractivity contribution in [3.8, 4) is 0 Å². The van der Waals surface area contributed by atoms with E-state index in [9.17, 15) is 14.4 Å². The van der Waals surface area contributed by atoms with E-state index >= 15 is 0 Å². The van der Waals surface area contributed by atoms with Crippen molar-refractivity contribution in [3.63, 3.8) is 0 Å². The highest BCUT2D eigenvalue weighted by atomic mass is 16.5. The van der Waals surface area contributed by atoms with Crippen LogP contribution in [0.1, 0.15) is 52.6 Å². The molecular formula is C22H23N3O4.